The first-order chi connectivity index (χ1) is 15.5. The SMILES string of the molecule is Cn1c(C#N)ccc1-c1ccc2c(c1)C(C)(C)OC(SC1OC(C(=O)O)C(O)C(O)C1O)=N2. The smallest absolute Gasteiger partial charge is 0.335 e. The molecular weight excluding hydrogens is 450 g/mol. The summed E-state index contributed by atoms with van der Waals surface area (Å²) in [6, 6.07) is 11.4. The number of benzene rings is 1. The van der Waals surface area contributed by atoms with Crippen LogP contribution in [0.2, 0.25) is 0 Å². The van der Waals surface area contributed by atoms with Crippen LogP contribution in [0.1, 0.15) is 25.1 Å². The number of aromatic nitrogens is 1. The average Bonchev–Trinajstić information content (AvgIpc) is 3.13. The minimum Gasteiger partial charge on any atom is -0.479 e. The predicted molar refractivity (Wildman–Crippen MR) is 119 cm³/mol. The Labute approximate surface area is 193 Å². The first kappa shape index (κ1) is 23.3. The largest absolute Gasteiger partial charge is 0.479 e. The molecule has 0 saturated carbocycles. The van der Waals surface area contributed by atoms with Gasteiger partial charge in [-0.05, 0) is 55.4 Å². The zero-order valence-corrected chi connectivity index (χ0v) is 18.9. The molecule has 0 bridgehead atoms. The number of carboxylic acids is 1. The number of hydrogen-bond donors (Lipinski definition) is 4. The summed E-state index contributed by atoms with van der Waals surface area (Å²) in [5.41, 5.74) is 1.65. The fourth-order valence-electron chi connectivity index (χ4n) is 3.88. The van der Waals surface area contributed by atoms with Crippen LogP contribution in [0.15, 0.2) is 35.3 Å². The second-order valence-electron chi connectivity index (χ2n) is 8.35. The van der Waals surface area contributed by atoms with Gasteiger partial charge in [-0.1, -0.05) is 6.07 Å². The second kappa shape index (κ2) is 8.48. The third-order valence-electron chi connectivity index (χ3n) is 5.76. The number of fused-ring (bicyclic) bond motifs is 1. The molecule has 4 N–H and O–H groups in total. The molecule has 174 valence electrons. The number of aliphatic imine (C=N–C) groups is 1. The molecule has 5 unspecified atom stereocenters. The van der Waals surface area contributed by atoms with Gasteiger partial charge in [-0.3, -0.25) is 0 Å². The summed E-state index contributed by atoms with van der Waals surface area (Å²) >= 11 is 0.833. The van der Waals surface area contributed by atoms with Gasteiger partial charge in [0.15, 0.2) is 6.10 Å². The van der Waals surface area contributed by atoms with Gasteiger partial charge in [-0.25, -0.2) is 9.79 Å². The van der Waals surface area contributed by atoms with Gasteiger partial charge >= 0.3 is 5.97 Å². The van der Waals surface area contributed by atoms with Crippen molar-refractivity contribution in [2.24, 2.45) is 12.0 Å². The van der Waals surface area contributed by atoms with Crippen molar-refractivity contribution in [1.29, 1.82) is 5.26 Å². The van der Waals surface area contributed by atoms with Gasteiger partial charge < -0.3 is 34.5 Å². The van der Waals surface area contributed by atoms with E-state index in [1.165, 1.54) is 0 Å². The van der Waals surface area contributed by atoms with E-state index >= 15 is 0 Å². The number of nitrogens with zero attached hydrogens (tertiary/aromatic N) is 3. The number of carbonyl (C=O) groups is 1. The van der Waals surface area contributed by atoms with Crippen molar-refractivity contribution >= 4 is 28.6 Å². The van der Waals surface area contributed by atoms with Crippen molar-refractivity contribution < 1.29 is 34.7 Å². The van der Waals surface area contributed by atoms with Gasteiger partial charge in [0.05, 0.1) is 5.69 Å². The first-order valence-corrected chi connectivity index (χ1v) is 11.0. The van der Waals surface area contributed by atoms with Crippen LogP contribution >= 0.6 is 11.8 Å². The number of aliphatic hydroxyl groups excluding tert-OH is 3. The van der Waals surface area contributed by atoms with Crippen molar-refractivity contribution in [1.82, 2.24) is 4.57 Å². The third-order valence-corrected chi connectivity index (χ3v) is 6.76. The van der Waals surface area contributed by atoms with Crippen LogP contribution in [0, 0.1) is 11.3 Å². The molecule has 2 aliphatic rings. The summed E-state index contributed by atoms with van der Waals surface area (Å²) in [6.07, 6.45) is -6.71. The Balaban J connectivity index is 1.63. The van der Waals surface area contributed by atoms with Crippen LogP contribution in [0.5, 0.6) is 0 Å². The third kappa shape index (κ3) is 4.12. The zero-order valence-electron chi connectivity index (χ0n) is 18.0. The van der Waals surface area contributed by atoms with Crippen molar-refractivity contribution in [2.75, 3.05) is 0 Å². The number of rotatable bonds is 3. The topological polar surface area (TPSA) is 158 Å². The molecule has 1 aromatic heterocycles. The Morgan fingerprint density at radius 1 is 1.18 bits per heavy atom. The highest BCUT2D eigenvalue weighted by atomic mass is 32.2. The molecule has 0 radical (unpaired) electrons. The van der Waals surface area contributed by atoms with Crippen molar-refractivity contribution in [3.63, 3.8) is 0 Å². The van der Waals surface area contributed by atoms with Gasteiger partial charge in [-0.2, -0.15) is 5.26 Å². The van der Waals surface area contributed by atoms with Crippen molar-refractivity contribution in [2.45, 2.75) is 49.3 Å². The minimum atomic E-state index is -1.77. The molecule has 1 aromatic carbocycles. The summed E-state index contributed by atoms with van der Waals surface area (Å²) in [4.78, 5) is 15.8. The first-order valence-electron chi connectivity index (χ1n) is 10.1. The zero-order chi connectivity index (χ0) is 24.1. The van der Waals surface area contributed by atoms with E-state index in [0.717, 1.165) is 28.6 Å². The molecule has 5 atom stereocenters. The molecule has 4 rings (SSSR count). The van der Waals surface area contributed by atoms with Gasteiger partial charge in [0.2, 0.25) is 0 Å². The molecule has 3 heterocycles. The van der Waals surface area contributed by atoms with E-state index < -0.39 is 41.4 Å². The van der Waals surface area contributed by atoms with Gasteiger partial charge in [0, 0.05) is 18.3 Å². The summed E-state index contributed by atoms with van der Waals surface area (Å²) in [7, 11) is 1.81. The maximum atomic E-state index is 11.3. The Morgan fingerprint density at radius 3 is 2.55 bits per heavy atom. The average molecular weight is 474 g/mol. The highest BCUT2D eigenvalue weighted by Crippen LogP contribution is 2.43. The lowest BCUT2D eigenvalue weighted by atomic mass is 9.93. The maximum absolute atomic E-state index is 11.3. The Bertz CT molecular complexity index is 1170. The van der Waals surface area contributed by atoms with Gasteiger partial charge in [-0.15, -0.1) is 0 Å². The molecule has 0 amide bonds. The number of thioether (sulfide) groups is 1. The fraction of sp³-hybridized carbons (Fsp3) is 0.409. The summed E-state index contributed by atoms with van der Waals surface area (Å²) < 4.78 is 13.1. The number of carboxylic acid groups (broad SMARTS) is 1. The molecule has 2 aliphatic heterocycles. The Hall–Kier alpha value is -2.88. The van der Waals surface area contributed by atoms with E-state index in [1.54, 1.807) is 10.6 Å². The molecule has 10 nitrogen and oxygen atoms in total. The molecular formula is C22H23N3O7S. The highest BCUT2D eigenvalue weighted by molar-refractivity contribution is 8.14. The summed E-state index contributed by atoms with van der Waals surface area (Å²) in [5, 5.41) is 48.8. The second-order valence-corrected chi connectivity index (χ2v) is 9.40. The van der Waals surface area contributed by atoms with Crippen molar-refractivity contribution in [3.8, 4) is 17.3 Å². The summed E-state index contributed by atoms with van der Waals surface area (Å²) in [6.45, 7) is 3.68. The van der Waals surface area contributed by atoms with Crippen LogP contribution in [0.4, 0.5) is 5.69 Å². The number of hydrogen-bond acceptors (Lipinski definition) is 9. The van der Waals surface area contributed by atoms with E-state index in [2.05, 4.69) is 11.1 Å². The monoisotopic (exact) mass is 473 g/mol. The Morgan fingerprint density at radius 2 is 1.91 bits per heavy atom. The lowest BCUT2D eigenvalue weighted by Crippen LogP contribution is -2.59. The Kier molecular flexibility index (Phi) is 5.98. The minimum absolute atomic E-state index is 0.127. The van der Waals surface area contributed by atoms with Crippen LogP contribution in [0.3, 0.4) is 0 Å². The molecule has 1 saturated heterocycles. The normalized spacial score (nSPS) is 28.3. The lowest BCUT2D eigenvalue weighted by molar-refractivity contribution is -0.209. The quantitative estimate of drug-likeness (QED) is 0.518. The molecule has 0 spiro atoms. The van der Waals surface area contributed by atoms with Crippen LogP contribution in [-0.2, 0) is 26.9 Å². The predicted octanol–water partition coefficient (Wildman–Crippen LogP) is 1.44. The summed E-state index contributed by atoms with van der Waals surface area (Å²) in [5.74, 6) is -1.45. The number of aliphatic hydroxyl groups is 3. The standard InChI is InChI=1S/C22H23N3O7S/c1-22(2)12-8-10(14-7-5-11(9-23)25(14)3)4-6-13(12)24-21(32-22)33-20-17(28)15(26)16(27)18(31-20)19(29)30/h4-8,15-18,20,26-28H,1-3H3,(H,29,30). The number of aliphatic carboxylic acids is 1. The molecule has 11 heteroatoms. The molecule has 33 heavy (non-hydrogen) atoms. The highest BCUT2D eigenvalue weighted by Gasteiger charge is 2.48. The fourth-order valence-corrected chi connectivity index (χ4v) is 4.96. The number of nitriles is 1. The van der Waals surface area contributed by atoms with Crippen LogP contribution in [0.25, 0.3) is 11.3 Å². The van der Waals surface area contributed by atoms with E-state index in [0.29, 0.717) is 11.4 Å². The maximum Gasteiger partial charge on any atom is 0.335 e. The van der Waals surface area contributed by atoms with Crippen molar-refractivity contribution in [3.05, 3.63) is 41.6 Å². The van der Waals surface area contributed by atoms with E-state index in [4.69, 9.17) is 9.47 Å². The van der Waals surface area contributed by atoms with E-state index in [1.807, 2.05) is 45.2 Å². The molecule has 2 aromatic rings. The van der Waals surface area contributed by atoms with Gasteiger partial charge in [0.25, 0.3) is 5.23 Å². The number of ether oxygens (including phenoxy) is 2. The van der Waals surface area contributed by atoms with Crippen LogP contribution < -0.4 is 0 Å². The van der Waals surface area contributed by atoms with E-state index in [9.17, 15) is 30.5 Å². The van der Waals surface area contributed by atoms with E-state index in [-0.39, 0.29) is 5.23 Å². The van der Waals surface area contributed by atoms with Gasteiger partial charge in [0.1, 0.15) is 41.1 Å². The molecule has 1 fully saturated rings. The molecule has 0 aliphatic carbocycles. The van der Waals surface area contributed by atoms with Crippen LogP contribution in [-0.4, -0.2) is 66.0 Å². The lowest BCUT2D eigenvalue weighted by Gasteiger charge is -2.39.